The molecule has 0 heterocycles. The Balaban J connectivity index is 3.58. The third-order valence-electron chi connectivity index (χ3n) is 2.55. The standard InChI is InChI=1S/C12H25N3O3/c1-4-10(5-2)15-12(17)9-13-8-11(16)14-6-7-18-3/h10,13H,4-9H2,1-3H3,(H,14,16)(H,15,17). The van der Waals surface area contributed by atoms with Gasteiger partial charge >= 0.3 is 0 Å². The van der Waals surface area contributed by atoms with Crippen LogP contribution in [0.3, 0.4) is 0 Å². The Bertz CT molecular complexity index is 243. The quantitative estimate of drug-likeness (QED) is 0.468. The van der Waals surface area contributed by atoms with Gasteiger partial charge < -0.3 is 15.4 Å². The summed E-state index contributed by atoms with van der Waals surface area (Å²) in [6.45, 7) is 5.34. The van der Waals surface area contributed by atoms with E-state index >= 15 is 0 Å². The van der Waals surface area contributed by atoms with Crippen molar-refractivity contribution in [2.45, 2.75) is 32.7 Å². The van der Waals surface area contributed by atoms with Crippen LogP contribution in [0.2, 0.25) is 0 Å². The van der Waals surface area contributed by atoms with Crippen molar-refractivity contribution in [2.75, 3.05) is 33.4 Å². The van der Waals surface area contributed by atoms with E-state index in [1.807, 2.05) is 13.8 Å². The predicted octanol–water partition coefficient (Wildman–Crippen LogP) is -0.357. The molecule has 0 atom stereocenters. The SMILES string of the molecule is CCC(CC)NC(=O)CNCC(=O)NCCOC. The van der Waals surface area contributed by atoms with Crippen molar-refractivity contribution in [2.24, 2.45) is 0 Å². The molecule has 6 heteroatoms. The highest BCUT2D eigenvalue weighted by Gasteiger charge is 2.08. The molecule has 3 N–H and O–H groups in total. The Kier molecular flexibility index (Phi) is 10.3. The van der Waals surface area contributed by atoms with E-state index in [9.17, 15) is 9.59 Å². The highest BCUT2D eigenvalue weighted by molar-refractivity contribution is 5.81. The van der Waals surface area contributed by atoms with Crippen LogP contribution in [0.4, 0.5) is 0 Å². The summed E-state index contributed by atoms with van der Waals surface area (Å²) in [4.78, 5) is 22.8. The van der Waals surface area contributed by atoms with Gasteiger partial charge in [-0.1, -0.05) is 13.8 Å². The van der Waals surface area contributed by atoms with Crippen LogP contribution in [0.5, 0.6) is 0 Å². The molecule has 0 aromatic heterocycles. The molecule has 0 aliphatic heterocycles. The molecule has 0 radical (unpaired) electrons. The number of methoxy groups -OCH3 is 1. The highest BCUT2D eigenvalue weighted by Crippen LogP contribution is 1.94. The average Bonchev–Trinajstić information content (AvgIpc) is 2.36. The van der Waals surface area contributed by atoms with Crippen molar-refractivity contribution in [3.8, 4) is 0 Å². The van der Waals surface area contributed by atoms with Gasteiger partial charge in [0.05, 0.1) is 19.7 Å². The van der Waals surface area contributed by atoms with Crippen LogP contribution in [0.15, 0.2) is 0 Å². The number of carbonyl (C=O) groups is 2. The summed E-state index contributed by atoms with van der Waals surface area (Å²) in [6, 6.07) is 0.217. The van der Waals surface area contributed by atoms with Gasteiger partial charge in [0.1, 0.15) is 0 Å². The third-order valence-corrected chi connectivity index (χ3v) is 2.55. The first-order chi connectivity index (χ1) is 8.63. The molecule has 106 valence electrons. The lowest BCUT2D eigenvalue weighted by molar-refractivity contribution is -0.121. The fourth-order valence-electron chi connectivity index (χ4n) is 1.42. The lowest BCUT2D eigenvalue weighted by atomic mass is 10.2. The molecule has 0 bridgehead atoms. The summed E-state index contributed by atoms with van der Waals surface area (Å²) in [6.07, 6.45) is 1.83. The summed E-state index contributed by atoms with van der Waals surface area (Å²) in [5.41, 5.74) is 0. The topological polar surface area (TPSA) is 79.5 Å². The summed E-state index contributed by atoms with van der Waals surface area (Å²) < 4.78 is 4.80. The predicted molar refractivity (Wildman–Crippen MR) is 70.3 cm³/mol. The molecule has 0 fully saturated rings. The van der Waals surface area contributed by atoms with E-state index in [0.29, 0.717) is 13.2 Å². The Labute approximate surface area is 109 Å². The van der Waals surface area contributed by atoms with E-state index in [1.165, 1.54) is 0 Å². The normalized spacial score (nSPS) is 10.4. The summed E-state index contributed by atoms with van der Waals surface area (Å²) >= 11 is 0. The molecule has 2 amide bonds. The molecule has 0 aromatic rings. The lowest BCUT2D eigenvalue weighted by Crippen LogP contribution is -2.43. The lowest BCUT2D eigenvalue weighted by Gasteiger charge is -2.14. The Morgan fingerprint density at radius 2 is 1.72 bits per heavy atom. The third kappa shape index (κ3) is 8.95. The van der Waals surface area contributed by atoms with Crippen LogP contribution in [-0.4, -0.2) is 51.2 Å². The number of rotatable bonds is 10. The van der Waals surface area contributed by atoms with Crippen LogP contribution in [0, 0.1) is 0 Å². The molecule has 0 spiro atoms. The minimum atomic E-state index is -0.137. The molecule has 0 saturated carbocycles. The molecule has 0 aliphatic rings. The Morgan fingerprint density at radius 3 is 2.28 bits per heavy atom. The Hall–Kier alpha value is -1.14. The van der Waals surface area contributed by atoms with Gasteiger partial charge in [-0.2, -0.15) is 0 Å². The van der Waals surface area contributed by atoms with Crippen LogP contribution < -0.4 is 16.0 Å². The second-order valence-corrected chi connectivity index (χ2v) is 4.03. The molecule has 18 heavy (non-hydrogen) atoms. The molecule has 0 rings (SSSR count). The zero-order chi connectivity index (χ0) is 13.8. The van der Waals surface area contributed by atoms with Gasteiger partial charge in [-0.05, 0) is 12.8 Å². The maximum Gasteiger partial charge on any atom is 0.234 e. The van der Waals surface area contributed by atoms with Gasteiger partial charge in [-0.15, -0.1) is 0 Å². The van der Waals surface area contributed by atoms with Gasteiger partial charge in [0.25, 0.3) is 0 Å². The molecular formula is C12H25N3O3. The number of amides is 2. The van der Waals surface area contributed by atoms with Gasteiger partial charge in [-0.25, -0.2) is 0 Å². The smallest absolute Gasteiger partial charge is 0.234 e. The first-order valence-corrected chi connectivity index (χ1v) is 6.39. The molecule has 0 unspecified atom stereocenters. The van der Waals surface area contributed by atoms with E-state index < -0.39 is 0 Å². The van der Waals surface area contributed by atoms with E-state index in [-0.39, 0.29) is 30.9 Å². The van der Waals surface area contributed by atoms with Crippen molar-refractivity contribution in [3.05, 3.63) is 0 Å². The van der Waals surface area contributed by atoms with E-state index in [4.69, 9.17) is 4.74 Å². The second kappa shape index (κ2) is 11.0. The molecule has 0 aromatic carbocycles. The van der Waals surface area contributed by atoms with Crippen molar-refractivity contribution >= 4 is 11.8 Å². The number of ether oxygens (including phenoxy) is 1. The van der Waals surface area contributed by atoms with Crippen LogP contribution in [0.1, 0.15) is 26.7 Å². The maximum atomic E-state index is 11.5. The fourth-order valence-corrected chi connectivity index (χ4v) is 1.42. The first kappa shape index (κ1) is 16.9. The number of hydrogen-bond acceptors (Lipinski definition) is 4. The minimum Gasteiger partial charge on any atom is -0.383 e. The number of carbonyl (C=O) groups excluding carboxylic acids is 2. The molecule has 0 saturated heterocycles. The largest absolute Gasteiger partial charge is 0.383 e. The zero-order valence-electron chi connectivity index (χ0n) is 11.5. The minimum absolute atomic E-state index is 0.0756. The first-order valence-electron chi connectivity index (χ1n) is 6.39. The number of nitrogens with one attached hydrogen (secondary N) is 3. The van der Waals surface area contributed by atoms with Gasteiger partial charge in [0.2, 0.25) is 11.8 Å². The van der Waals surface area contributed by atoms with Gasteiger partial charge in [0.15, 0.2) is 0 Å². The van der Waals surface area contributed by atoms with E-state index in [0.717, 1.165) is 12.8 Å². The number of hydrogen-bond donors (Lipinski definition) is 3. The Morgan fingerprint density at radius 1 is 1.11 bits per heavy atom. The highest BCUT2D eigenvalue weighted by atomic mass is 16.5. The van der Waals surface area contributed by atoms with Crippen molar-refractivity contribution in [1.82, 2.24) is 16.0 Å². The summed E-state index contributed by atoms with van der Waals surface area (Å²) in [5, 5.41) is 8.35. The van der Waals surface area contributed by atoms with Gasteiger partial charge in [0, 0.05) is 19.7 Å². The van der Waals surface area contributed by atoms with E-state index in [2.05, 4.69) is 16.0 Å². The van der Waals surface area contributed by atoms with Gasteiger partial charge in [-0.3, -0.25) is 14.9 Å². The zero-order valence-corrected chi connectivity index (χ0v) is 11.5. The molecular weight excluding hydrogens is 234 g/mol. The summed E-state index contributed by atoms with van der Waals surface area (Å²) in [5.74, 6) is -0.212. The van der Waals surface area contributed by atoms with Crippen molar-refractivity contribution in [1.29, 1.82) is 0 Å². The monoisotopic (exact) mass is 259 g/mol. The molecule has 6 nitrogen and oxygen atoms in total. The van der Waals surface area contributed by atoms with Crippen molar-refractivity contribution < 1.29 is 14.3 Å². The second-order valence-electron chi connectivity index (χ2n) is 4.03. The van der Waals surface area contributed by atoms with E-state index in [1.54, 1.807) is 7.11 Å². The van der Waals surface area contributed by atoms with Crippen LogP contribution in [0.25, 0.3) is 0 Å². The van der Waals surface area contributed by atoms with Crippen LogP contribution in [-0.2, 0) is 14.3 Å². The van der Waals surface area contributed by atoms with Crippen LogP contribution >= 0.6 is 0 Å². The average molecular weight is 259 g/mol. The fraction of sp³-hybridized carbons (Fsp3) is 0.833. The van der Waals surface area contributed by atoms with Crippen molar-refractivity contribution in [3.63, 3.8) is 0 Å². The maximum absolute atomic E-state index is 11.5. The molecule has 0 aliphatic carbocycles. The summed E-state index contributed by atoms with van der Waals surface area (Å²) in [7, 11) is 1.58.